The minimum atomic E-state index is -2.43. The molecule has 0 radical (unpaired) electrons. The number of hydrogen-bond acceptors (Lipinski definition) is 7. The largest absolute Gasteiger partial charge is 0.495 e. The molecule has 8 heteroatoms. The van der Waals surface area contributed by atoms with E-state index in [1.54, 1.807) is 32.7 Å². The number of rotatable bonds is 6. The minimum Gasteiger partial charge on any atom is -0.495 e. The van der Waals surface area contributed by atoms with Gasteiger partial charge in [-0.05, 0) is 68.3 Å². The van der Waals surface area contributed by atoms with Crippen molar-refractivity contribution < 1.29 is 9.30 Å². The van der Waals surface area contributed by atoms with E-state index < -0.39 is 7.14 Å². The Labute approximate surface area is 183 Å². The highest BCUT2D eigenvalue weighted by atomic mass is 31.2. The first-order valence-corrected chi connectivity index (χ1v) is 12.8. The van der Waals surface area contributed by atoms with Gasteiger partial charge in [0.25, 0.3) is 0 Å². The summed E-state index contributed by atoms with van der Waals surface area (Å²) in [6, 6.07) is 13.6. The summed E-state index contributed by atoms with van der Waals surface area (Å²) in [6.45, 7) is 5.48. The maximum absolute atomic E-state index is 12.6. The van der Waals surface area contributed by atoms with Crippen LogP contribution in [0.4, 0.5) is 23.1 Å². The molecule has 1 aromatic heterocycles. The number of nitrogens with one attached hydrogen (secondary N) is 2. The van der Waals surface area contributed by atoms with Crippen LogP contribution in [0.3, 0.4) is 0 Å². The van der Waals surface area contributed by atoms with E-state index in [4.69, 9.17) is 4.74 Å². The van der Waals surface area contributed by atoms with E-state index in [1.807, 2.05) is 24.3 Å². The fraction of sp³-hybridized carbons (Fsp3) is 0.304. The van der Waals surface area contributed by atoms with Crippen molar-refractivity contribution in [2.24, 2.45) is 0 Å². The average Bonchev–Trinajstić information content (AvgIpc) is 2.73. The lowest BCUT2D eigenvalue weighted by Crippen LogP contribution is -2.26. The van der Waals surface area contributed by atoms with Crippen LogP contribution in [0.1, 0.15) is 11.1 Å². The predicted molar refractivity (Wildman–Crippen MR) is 127 cm³/mol. The summed E-state index contributed by atoms with van der Waals surface area (Å²) in [5, 5.41) is 7.38. The van der Waals surface area contributed by atoms with Crippen LogP contribution < -0.4 is 20.7 Å². The highest BCUT2D eigenvalue weighted by molar-refractivity contribution is 7.70. The molecule has 1 aliphatic heterocycles. The molecule has 2 N–H and O–H groups in total. The van der Waals surface area contributed by atoms with Crippen molar-refractivity contribution in [2.45, 2.75) is 13.0 Å². The van der Waals surface area contributed by atoms with Crippen molar-refractivity contribution in [3.63, 3.8) is 0 Å². The molecule has 7 nitrogen and oxygen atoms in total. The molecule has 4 rings (SSSR count). The van der Waals surface area contributed by atoms with Crippen LogP contribution in [-0.4, -0.2) is 48.9 Å². The number of fused-ring (bicyclic) bond motifs is 1. The van der Waals surface area contributed by atoms with E-state index in [2.05, 4.69) is 44.7 Å². The Balaban J connectivity index is 1.61. The fourth-order valence-electron chi connectivity index (χ4n) is 3.79. The summed E-state index contributed by atoms with van der Waals surface area (Å²) in [5.74, 6) is 1.85. The third-order valence-electron chi connectivity index (χ3n) is 5.37. The van der Waals surface area contributed by atoms with E-state index >= 15 is 0 Å². The number of methoxy groups -OCH3 is 1. The molecule has 1 aliphatic rings. The monoisotopic (exact) mass is 437 g/mol. The Morgan fingerprint density at radius 2 is 1.87 bits per heavy atom. The molecule has 162 valence electrons. The molecule has 31 heavy (non-hydrogen) atoms. The molecule has 2 aromatic carbocycles. The number of anilines is 4. The van der Waals surface area contributed by atoms with Gasteiger partial charge < -0.3 is 24.8 Å². The van der Waals surface area contributed by atoms with Crippen molar-refractivity contribution in [2.75, 3.05) is 44.7 Å². The SMILES string of the molecule is COc1cc2c(cc1Nc1nccc(Nc3ccccc3P(C)(C)=O)n1)CN(C)CC2. The lowest BCUT2D eigenvalue weighted by Gasteiger charge is -2.26. The van der Waals surface area contributed by atoms with Gasteiger partial charge in [0, 0.05) is 24.6 Å². The van der Waals surface area contributed by atoms with Gasteiger partial charge in [0.1, 0.15) is 18.7 Å². The summed E-state index contributed by atoms with van der Waals surface area (Å²) < 4.78 is 18.3. The Morgan fingerprint density at radius 3 is 2.65 bits per heavy atom. The van der Waals surface area contributed by atoms with Crippen LogP contribution in [0.2, 0.25) is 0 Å². The van der Waals surface area contributed by atoms with Crippen LogP contribution in [0.15, 0.2) is 48.7 Å². The van der Waals surface area contributed by atoms with Crippen molar-refractivity contribution in [1.82, 2.24) is 14.9 Å². The van der Waals surface area contributed by atoms with Crippen LogP contribution in [0, 0.1) is 0 Å². The Hall–Kier alpha value is -2.89. The van der Waals surface area contributed by atoms with Gasteiger partial charge in [0.15, 0.2) is 0 Å². The summed E-state index contributed by atoms with van der Waals surface area (Å²) in [5.41, 5.74) is 4.22. The van der Waals surface area contributed by atoms with E-state index in [-0.39, 0.29) is 0 Å². The van der Waals surface area contributed by atoms with Crippen molar-refractivity contribution in [3.05, 3.63) is 59.8 Å². The second-order valence-electron chi connectivity index (χ2n) is 8.19. The molecule has 0 saturated heterocycles. The first-order chi connectivity index (χ1) is 14.8. The standard InChI is InChI=1S/C23H28N5O2P/c1-28-12-10-16-14-20(30-2)19(13-17(16)15-28)26-23-24-11-9-22(27-23)25-18-7-5-6-8-21(18)31(3,4)29/h5-9,11,13-14H,10,12,15H2,1-4H3,(H2,24,25,26,27). The topological polar surface area (TPSA) is 79.4 Å². The molecular weight excluding hydrogens is 409 g/mol. The number of likely N-dealkylation sites (N-methyl/N-ethyl adjacent to an activating group) is 1. The van der Waals surface area contributed by atoms with Gasteiger partial charge >= 0.3 is 0 Å². The van der Waals surface area contributed by atoms with Gasteiger partial charge in [-0.15, -0.1) is 0 Å². The molecule has 0 unspecified atom stereocenters. The van der Waals surface area contributed by atoms with Crippen molar-refractivity contribution in [1.29, 1.82) is 0 Å². The number of hydrogen-bond donors (Lipinski definition) is 2. The number of benzene rings is 2. The minimum absolute atomic E-state index is 0.459. The van der Waals surface area contributed by atoms with Gasteiger partial charge in [0.05, 0.1) is 18.5 Å². The molecule has 0 aliphatic carbocycles. The first-order valence-electron chi connectivity index (χ1n) is 10.2. The lowest BCUT2D eigenvalue weighted by molar-refractivity contribution is 0.312. The zero-order chi connectivity index (χ0) is 22.0. The normalized spacial score (nSPS) is 14.1. The number of aromatic nitrogens is 2. The Kier molecular flexibility index (Phi) is 5.99. The third-order valence-corrected chi connectivity index (χ3v) is 6.92. The van der Waals surface area contributed by atoms with Crippen LogP contribution in [0.25, 0.3) is 0 Å². The predicted octanol–water partition coefficient (Wildman–Crippen LogP) is 4.21. The van der Waals surface area contributed by atoms with E-state index in [9.17, 15) is 4.57 Å². The molecule has 2 heterocycles. The number of nitrogens with zero attached hydrogens (tertiary/aromatic N) is 3. The maximum Gasteiger partial charge on any atom is 0.229 e. The van der Waals surface area contributed by atoms with Gasteiger partial charge in [0.2, 0.25) is 5.95 Å². The van der Waals surface area contributed by atoms with Gasteiger partial charge in [-0.1, -0.05) is 12.1 Å². The highest BCUT2D eigenvalue weighted by Gasteiger charge is 2.18. The molecule has 0 fully saturated rings. The lowest BCUT2D eigenvalue weighted by atomic mass is 9.99. The average molecular weight is 437 g/mol. The molecule has 3 aromatic rings. The second kappa shape index (κ2) is 8.69. The molecular formula is C23H28N5O2P. The zero-order valence-corrected chi connectivity index (χ0v) is 19.2. The second-order valence-corrected chi connectivity index (χ2v) is 11.4. The van der Waals surface area contributed by atoms with Gasteiger partial charge in [-0.25, -0.2) is 4.98 Å². The quantitative estimate of drug-likeness (QED) is 0.559. The maximum atomic E-state index is 12.6. The van der Waals surface area contributed by atoms with Crippen LogP contribution in [0.5, 0.6) is 5.75 Å². The summed E-state index contributed by atoms with van der Waals surface area (Å²) in [4.78, 5) is 11.3. The molecule has 0 saturated carbocycles. The van der Waals surface area contributed by atoms with E-state index in [0.29, 0.717) is 11.8 Å². The van der Waals surface area contributed by atoms with Crippen LogP contribution in [-0.2, 0) is 17.5 Å². The molecule has 0 spiro atoms. The van der Waals surface area contributed by atoms with Crippen LogP contribution >= 0.6 is 7.14 Å². The summed E-state index contributed by atoms with van der Waals surface area (Å²) >= 11 is 0. The first kappa shape index (κ1) is 21.3. The molecule has 0 amide bonds. The third kappa shape index (κ3) is 4.89. The molecule has 0 atom stereocenters. The highest BCUT2D eigenvalue weighted by Crippen LogP contribution is 2.38. The van der Waals surface area contributed by atoms with Crippen molar-refractivity contribution in [3.8, 4) is 5.75 Å². The van der Waals surface area contributed by atoms with E-state index in [1.165, 1.54) is 11.1 Å². The smallest absolute Gasteiger partial charge is 0.229 e. The molecule has 0 bridgehead atoms. The zero-order valence-electron chi connectivity index (χ0n) is 18.3. The number of para-hydroxylation sites is 1. The Bertz CT molecular complexity index is 1140. The van der Waals surface area contributed by atoms with Crippen molar-refractivity contribution >= 4 is 35.6 Å². The number of ether oxygens (including phenoxy) is 1. The van der Waals surface area contributed by atoms with E-state index in [0.717, 1.165) is 41.9 Å². The van der Waals surface area contributed by atoms with Gasteiger partial charge in [-0.2, -0.15) is 4.98 Å². The summed E-state index contributed by atoms with van der Waals surface area (Å²) in [7, 11) is 1.37. The summed E-state index contributed by atoms with van der Waals surface area (Å²) in [6.07, 6.45) is 2.70. The Morgan fingerprint density at radius 1 is 1.06 bits per heavy atom. The van der Waals surface area contributed by atoms with Gasteiger partial charge in [-0.3, -0.25) is 0 Å². The fourth-order valence-corrected chi connectivity index (χ4v) is 4.95.